The van der Waals surface area contributed by atoms with Crippen molar-refractivity contribution in [1.82, 2.24) is 0 Å². The van der Waals surface area contributed by atoms with Gasteiger partial charge in [0, 0.05) is 18.2 Å². The maximum Gasteiger partial charge on any atom is 0.228 e. The van der Waals surface area contributed by atoms with Crippen LogP contribution in [0.25, 0.3) is 0 Å². The second kappa shape index (κ2) is 4.55. The molecule has 1 aromatic carbocycles. The molecule has 0 N–H and O–H groups in total. The SMILES string of the molecule is COc1cccc(Cl)c1N1CC(S)CC1=O. The van der Waals surface area contributed by atoms with Crippen LogP contribution in [0.15, 0.2) is 18.2 Å². The van der Waals surface area contributed by atoms with E-state index >= 15 is 0 Å². The molecule has 1 aromatic rings. The van der Waals surface area contributed by atoms with Gasteiger partial charge in [0.15, 0.2) is 0 Å². The van der Waals surface area contributed by atoms with Crippen LogP contribution in [0.4, 0.5) is 5.69 Å². The number of halogens is 1. The number of hydrogen-bond donors (Lipinski definition) is 1. The van der Waals surface area contributed by atoms with E-state index in [4.69, 9.17) is 16.3 Å². The van der Waals surface area contributed by atoms with Crippen molar-refractivity contribution in [2.75, 3.05) is 18.6 Å². The molecule has 0 aliphatic carbocycles. The largest absolute Gasteiger partial charge is 0.495 e. The maximum absolute atomic E-state index is 11.8. The van der Waals surface area contributed by atoms with Gasteiger partial charge in [0.25, 0.3) is 0 Å². The quantitative estimate of drug-likeness (QED) is 0.825. The molecule has 0 bridgehead atoms. The molecule has 1 unspecified atom stereocenters. The molecule has 1 heterocycles. The van der Waals surface area contributed by atoms with Crippen molar-refractivity contribution in [3.05, 3.63) is 23.2 Å². The maximum atomic E-state index is 11.8. The molecule has 16 heavy (non-hydrogen) atoms. The topological polar surface area (TPSA) is 29.5 Å². The average Bonchev–Trinajstić information content (AvgIpc) is 2.57. The number of ether oxygens (including phenoxy) is 1. The van der Waals surface area contributed by atoms with Crippen LogP contribution < -0.4 is 9.64 Å². The van der Waals surface area contributed by atoms with Crippen LogP contribution >= 0.6 is 24.2 Å². The summed E-state index contributed by atoms with van der Waals surface area (Å²) in [6.45, 7) is 0.571. The molecule has 5 heteroatoms. The Morgan fingerprint density at radius 2 is 2.31 bits per heavy atom. The Kier molecular flexibility index (Phi) is 3.30. The molecule has 1 aliphatic rings. The molecule has 1 aliphatic heterocycles. The van der Waals surface area contributed by atoms with Gasteiger partial charge in [-0.1, -0.05) is 17.7 Å². The number of para-hydroxylation sites is 1. The van der Waals surface area contributed by atoms with Crippen LogP contribution in [0, 0.1) is 0 Å². The van der Waals surface area contributed by atoms with Crippen molar-refractivity contribution in [2.24, 2.45) is 0 Å². The monoisotopic (exact) mass is 257 g/mol. The van der Waals surface area contributed by atoms with E-state index in [-0.39, 0.29) is 11.2 Å². The van der Waals surface area contributed by atoms with Crippen molar-refractivity contribution >= 4 is 35.8 Å². The van der Waals surface area contributed by atoms with Gasteiger partial charge in [-0.25, -0.2) is 0 Å². The third-order valence-corrected chi connectivity index (χ3v) is 3.20. The Hall–Kier alpha value is -0.870. The average molecular weight is 258 g/mol. The predicted octanol–water partition coefficient (Wildman–Crippen LogP) is 2.38. The van der Waals surface area contributed by atoms with E-state index in [2.05, 4.69) is 12.6 Å². The fraction of sp³-hybridized carbons (Fsp3) is 0.364. The summed E-state index contributed by atoms with van der Waals surface area (Å²) in [5.41, 5.74) is 0.646. The van der Waals surface area contributed by atoms with Gasteiger partial charge in [-0.15, -0.1) is 0 Å². The van der Waals surface area contributed by atoms with Gasteiger partial charge < -0.3 is 9.64 Å². The third kappa shape index (κ3) is 1.99. The van der Waals surface area contributed by atoms with Crippen LogP contribution in [-0.4, -0.2) is 24.8 Å². The smallest absolute Gasteiger partial charge is 0.228 e. The first-order valence-corrected chi connectivity index (χ1v) is 5.84. The van der Waals surface area contributed by atoms with Crippen LogP contribution in [0.2, 0.25) is 5.02 Å². The van der Waals surface area contributed by atoms with E-state index < -0.39 is 0 Å². The van der Waals surface area contributed by atoms with E-state index in [1.54, 1.807) is 30.2 Å². The minimum atomic E-state index is 0.0337. The highest BCUT2D eigenvalue weighted by atomic mass is 35.5. The number of nitrogens with zero attached hydrogens (tertiary/aromatic N) is 1. The summed E-state index contributed by atoms with van der Waals surface area (Å²) in [5, 5.41) is 0.587. The number of anilines is 1. The number of thiol groups is 1. The Bertz CT molecular complexity index is 424. The molecule has 1 atom stereocenters. The zero-order chi connectivity index (χ0) is 11.7. The molecule has 0 spiro atoms. The lowest BCUT2D eigenvalue weighted by molar-refractivity contribution is -0.117. The first kappa shape index (κ1) is 11.6. The van der Waals surface area contributed by atoms with E-state index in [9.17, 15) is 4.79 Å². The number of carbonyl (C=O) groups excluding carboxylic acids is 1. The van der Waals surface area contributed by atoms with Crippen molar-refractivity contribution in [3.8, 4) is 5.75 Å². The normalized spacial score (nSPS) is 20.3. The summed E-state index contributed by atoms with van der Waals surface area (Å²) in [6.07, 6.45) is 0.442. The van der Waals surface area contributed by atoms with Crippen molar-refractivity contribution < 1.29 is 9.53 Å². The molecule has 3 nitrogen and oxygen atoms in total. The van der Waals surface area contributed by atoms with E-state index in [0.717, 1.165) is 0 Å². The number of methoxy groups -OCH3 is 1. The third-order valence-electron chi connectivity index (χ3n) is 2.54. The van der Waals surface area contributed by atoms with Gasteiger partial charge in [0.05, 0.1) is 12.1 Å². The summed E-state index contributed by atoms with van der Waals surface area (Å²) < 4.78 is 5.22. The Balaban J connectivity index is 2.43. The van der Waals surface area contributed by atoms with Gasteiger partial charge in [-0.3, -0.25) is 4.79 Å². The minimum Gasteiger partial charge on any atom is -0.495 e. The second-order valence-corrected chi connectivity index (χ2v) is 4.79. The van der Waals surface area contributed by atoms with Gasteiger partial charge in [0.2, 0.25) is 5.91 Å². The summed E-state index contributed by atoms with van der Waals surface area (Å²) in [4.78, 5) is 13.4. The highest BCUT2D eigenvalue weighted by Crippen LogP contribution is 2.38. The lowest BCUT2D eigenvalue weighted by Gasteiger charge is -2.20. The van der Waals surface area contributed by atoms with Crippen molar-refractivity contribution in [3.63, 3.8) is 0 Å². The molecule has 0 saturated carbocycles. The van der Waals surface area contributed by atoms with Crippen LogP contribution in [-0.2, 0) is 4.79 Å². The minimum absolute atomic E-state index is 0.0337. The highest BCUT2D eigenvalue weighted by Gasteiger charge is 2.31. The first-order chi connectivity index (χ1) is 7.63. The zero-order valence-corrected chi connectivity index (χ0v) is 10.5. The Labute approximate surface area is 105 Å². The lowest BCUT2D eigenvalue weighted by atomic mass is 10.2. The predicted molar refractivity (Wildman–Crippen MR) is 67.7 cm³/mol. The molecule has 0 aromatic heterocycles. The Morgan fingerprint density at radius 1 is 1.56 bits per heavy atom. The van der Waals surface area contributed by atoms with Crippen molar-refractivity contribution in [2.45, 2.75) is 11.7 Å². The van der Waals surface area contributed by atoms with Crippen LogP contribution in [0.5, 0.6) is 5.75 Å². The van der Waals surface area contributed by atoms with Gasteiger partial charge in [-0.2, -0.15) is 12.6 Å². The number of carbonyl (C=O) groups is 1. The number of rotatable bonds is 2. The second-order valence-electron chi connectivity index (χ2n) is 3.65. The molecule has 1 saturated heterocycles. The number of amides is 1. The molecular weight excluding hydrogens is 246 g/mol. The molecular formula is C11H12ClNO2S. The summed E-state index contributed by atoms with van der Waals surface area (Å²) in [7, 11) is 1.56. The standard InChI is InChI=1S/C11H12ClNO2S/c1-15-9-4-2-3-8(12)11(9)13-6-7(16)5-10(13)14/h2-4,7,16H,5-6H2,1H3. The molecule has 1 fully saturated rings. The first-order valence-electron chi connectivity index (χ1n) is 4.94. The Morgan fingerprint density at radius 3 is 2.88 bits per heavy atom. The van der Waals surface area contributed by atoms with Crippen LogP contribution in [0.1, 0.15) is 6.42 Å². The number of hydrogen-bond acceptors (Lipinski definition) is 3. The van der Waals surface area contributed by atoms with E-state index in [1.807, 2.05) is 0 Å². The van der Waals surface area contributed by atoms with E-state index in [1.165, 1.54) is 0 Å². The zero-order valence-electron chi connectivity index (χ0n) is 8.81. The summed E-state index contributed by atoms with van der Waals surface area (Å²) >= 11 is 10.4. The van der Waals surface area contributed by atoms with Gasteiger partial charge in [0.1, 0.15) is 11.4 Å². The lowest BCUT2D eigenvalue weighted by Crippen LogP contribution is -2.25. The van der Waals surface area contributed by atoms with Gasteiger partial charge in [-0.05, 0) is 12.1 Å². The highest BCUT2D eigenvalue weighted by molar-refractivity contribution is 7.81. The molecule has 1 amide bonds. The molecule has 2 rings (SSSR count). The fourth-order valence-electron chi connectivity index (χ4n) is 1.83. The van der Waals surface area contributed by atoms with Crippen molar-refractivity contribution in [1.29, 1.82) is 0 Å². The van der Waals surface area contributed by atoms with Gasteiger partial charge >= 0.3 is 0 Å². The molecule has 0 radical (unpaired) electrons. The summed E-state index contributed by atoms with van der Waals surface area (Å²) in [6, 6.07) is 5.34. The summed E-state index contributed by atoms with van der Waals surface area (Å²) in [5.74, 6) is 0.648. The molecule has 86 valence electrons. The number of benzene rings is 1. The fourth-order valence-corrected chi connectivity index (χ4v) is 2.41. The van der Waals surface area contributed by atoms with Crippen LogP contribution in [0.3, 0.4) is 0 Å². The van der Waals surface area contributed by atoms with E-state index in [0.29, 0.717) is 29.4 Å².